The number of nitrogens with two attached hydrogens (primary N) is 1. The summed E-state index contributed by atoms with van der Waals surface area (Å²) in [5, 5.41) is 4.00. The van der Waals surface area contributed by atoms with E-state index < -0.39 is 5.91 Å². The summed E-state index contributed by atoms with van der Waals surface area (Å²) in [5.74, 6) is 10.6. The van der Waals surface area contributed by atoms with Crippen LogP contribution < -0.4 is 11.3 Å². The van der Waals surface area contributed by atoms with Gasteiger partial charge in [-0.05, 0) is 12.1 Å². The van der Waals surface area contributed by atoms with Crippen LogP contribution in [0, 0.1) is 11.8 Å². The highest BCUT2D eigenvalue weighted by atomic mass is 16.2. The molecule has 1 aromatic carbocycles. The SMILES string of the molecule is Cn1ncc(C#Cc2ccccc2)c1C(=O)NN. The number of carbonyl (C=O) groups is 1. The fourth-order valence-electron chi connectivity index (χ4n) is 1.53. The van der Waals surface area contributed by atoms with Gasteiger partial charge in [-0.15, -0.1) is 0 Å². The van der Waals surface area contributed by atoms with Crippen LogP contribution in [-0.2, 0) is 7.05 Å². The van der Waals surface area contributed by atoms with Crippen LogP contribution in [0.15, 0.2) is 36.5 Å². The fraction of sp³-hybridized carbons (Fsp3) is 0.0769. The smallest absolute Gasteiger partial charge is 0.284 e. The molecular weight excluding hydrogens is 228 g/mol. The molecule has 1 amide bonds. The zero-order chi connectivity index (χ0) is 13.0. The maximum Gasteiger partial charge on any atom is 0.284 e. The lowest BCUT2D eigenvalue weighted by atomic mass is 10.2. The predicted molar refractivity (Wildman–Crippen MR) is 67.3 cm³/mol. The number of hydrazine groups is 1. The van der Waals surface area contributed by atoms with Crippen LogP contribution in [0.4, 0.5) is 0 Å². The number of aromatic nitrogens is 2. The topological polar surface area (TPSA) is 72.9 Å². The first kappa shape index (κ1) is 11.9. The van der Waals surface area contributed by atoms with Crippen molar-refractivity contribution < 1.29 is 4.79 Å². The van der Waals surface area contributed by atoms with Crippen LogP contribution in [0.2, 0.25) is 0 Å². The molecule has 0 saturated carbocycles. The minimum Gasteiger partial charge on any atom is -0.289 e. The van der Waals surface area contributed by atoms with Gasteiger partial charge in [-0.3, -0.25) is 14.9 Å². The number of aryl methyl sites for hydroxylation is 1. The summed E-state index contributed by atoms with van der Waals surface area (Å²) in [4.78, 5) is 11.6. The molecule has 0 unspecified atom stereocenters. The highest BCUT2D eigenvalue weighted by molar-refractivity contribution is 5.94. The van der Waals surface area contributed by atoms with E-state index in [1.807, 2.05) is 30.3 Å². The molecule has 5 heteroatoms. The Morgan fingerprint density at radius 2 is 2.06 bits per heavy atom. The molecule has 0 spiro atoms. The number of hydrogen-bond acceptors (Lipinski definition) is 3. The lowest BCUT2D eigenvalue weighted by Gasteiger charge is -1.99. The number of nitrogen functional groups attached to an aromatic ring is 1. The summed E-state index contributed by atoms with van der Waals surface area (Å²) in [6, 6.07) is 9.52. The lowest BCUT2D eigenvalue weighted by molar-refractivity contribution is 0.0944. The molecule has 2 rings (SSSR count). The van der Waals surface area contributed by atoms with Crippen molar-refractivity contribution in [3.05, 3.63) is 53.3 Å². The summed E-state index contributed by atoms with van der Waals surface area (Å²) in [6.45, 7) is 0. The van der Waals surface area contributed by atoms with Gasteiger partial charge in [-0.2, -0.15) is 5.10 Å². The second-order valence-electron chi connectivity index (χ2n) is 3.62. The first-order chi connectivity index (χ1) is 8.72. The highest BCUT2D eigenvalue weighted by Crippen LogP contribution is 2.06. The summed E-state index contributed by atoms with van der Waals surface area (Å²) in [6.07, 6.45) is 1.54. The van der Waals surface area contributed by atoms with Crippen molar-refractivity contribution in [2.75, 3.05) is 0 Å². The van der Waals surface area contributed by atoms with Crippen LogP contribution >= 0.6 is 0 Å². The van der Waals surface area contributed by atoms with E-state index in [-0.39, 0.29) is 0 Å². The maximum atomic E-state index is 11.6. The number of carbonyl (C=O) groups excluding carboxylic acids is 1. The predicted octanol–water partition coefficient (Wildman–Crippen LogP) is 0.423. The average molecular weight is 240 g/mol. The van der Waals surface area contributed by atoms with Crippen molar-refractivity contribution in [1.29, 1.82) is 0 Å². The normalized spacial score (nSPS) is 9.44. The fourth-order valence-corrected chi connectivity index (χ4v) is 1.53. The number of rotatable bonds is 1. The van der Waals surface area contributed by atoms with Gasteiger partial charge in [-0.1, -0.05) is 30.0 Å². The van der Waals surface area contributed by atoms with Gasteiger partial charge in [-0.25, -0.2) is 5.84 Å². The van der Waals surface area contributed by atoms with Gasteiger partial charge in [0.2, 0.25) is 0 Å². The second-order valence-corrected chi connectivity index (χ2v) is 3.62. The molecule has 18 heavy (non-hydrogen) atoms. The van der Waals surface area contributed by atoms with Crippen LogP contribution in [0.5, 0.6) is 0 Å². The first-order valence-electron chi connectivity index (χ1n) is 5.32. The summed E-state index contributed by atoms with van der Waals surface area (Å²) >= 11 is 0. The molecular formula is C13H12N4O. The number of hydrogen-bond donors (Lipinski definition) is 2. The van der Waals surface area contributed by atoms with Crippen LogP contribution in [0.3, 0.4) is 0 Å². The molecule has 2 aromatic rings. The van der Waals surface area contributed by atoms with Crippen LogP contribution in [0.25, 0.3) is 0 Å². The van der Waals surface area contributed by atoms with Crippen LogP contribution in [-0.4, -0.2) is 15.7 Å². The average Bonchev–Trinajstić information content (AvgIpc) is 2.78. The largest absolute Gasteiger partial charge is 0.289 e. The molecule has 0 radical (unpaired) electrons. The second kappa shape index (κ2) is 5.17. The minimum absolute atomic E-state index is 0.348. The van der Waals surface area contributed by atoms with Gasteiger partial charge in [0.25, 0.3) is 5.91 Å². The van der Waals surface area contributed by atoms with E-state index in [2.05, 4.69) is 22.4 Å². The van der Waals surface area contributed by atoms with Crippen molar-refractivity contribution in [1.82, 2.24) is 15.2 Å². The molecule has 0 atom stereocenters. The van der Waals surface area contributed by atoms with E-state index in [4.69, 9.17) is 5.84 Å². The van der Waals surface area contributed by atoms with Gasteiger partial charge in [0, 0.05) is 12.6 Å². The Bertz CT molecular complexity index is 619. The molecule has 1 aromatic heterocycles. The van der Waals surface area contributed by atoms with E-state index in [0.717, 1.165) is 5.56 Å². The van der Waals surface area contributed by atoms with Gasteiger partial charge < -0.3 is 0 Å². The maximum absolute atomic E-state index is 11.6. The van der Waals surface area contributed by atoms with Gasteiger partial charge in [0.15, 0.2) is 0 Å². The molecule has 0 fully saturated rings. The monoisotopic (exact) mass is 240 g/mol. The molecule has 0 bridgehead atoms. The van der Waals surface area contributed by atoms with Gasteiger partial charge in [0.1, 0.15) is 5.69 Å². The molecule has 0 aliphatic rings. The van der Waals surface area contributed by atoms with E-state index in [9.17, 15) is 4.79 Å². The standard InChI is InChI=1S/C13H12N4O/c1-17-12(13(18)16-14)11(9-15-17)8-7-10-5-3-2-4-6-10/h2-6,9H,14H2,1H3,(H,16,18). The molecule has 3 N–H and O–H groups in total. The van der Waals surface area contributed by atoms with Crippen molar-refractivity contribution in [2.24, 2.45) is 12.9 Å². The van der Waals surface area contributed by atoms with Crippen LogP contribution in [0.1, 0.15) is 21.6 Å². The third-order valence-electron chi connectivity index (χ3n) is 2.40. The van der Waals surface area contributed by atoms with E-state index >= 15 is 0 Å². The third-order valence-corrected chi connectivity index (χ3v) is 2.40. The Labute approximate surface area is 105 Å². The van der Waals surface area contributed by atoms with E-state index in [0.29, 0.717) is 11.3 Å². The Morgan fingerprint density at radius 3 is 2.72 bits per heavy atom. The molecule has 90 valence electrons. The van der Waals surface area contributed by atoms with Gasteiger partial charge >= 0.3 is 0 Å². The zero-order valence-corrected chi connectivity index (χ0v) is 9.84. The Hall–Kier alpha value is -2.58. The molecule has 0 aliphatic heterocycles. The molecule has 0 saturated heterocycles. The van der Waals surface area contributed by atoms with Crippen molar-refractivity contribution in [3.63, 3.8) is 0 Å². The molecule has 1 heterocycles. The van der Waals surface area contributed by atoms with Crippen molar-refractivity contribution in [2.45, 2.75) is 0 Å². The summed E-state index contributed by atoms with van der Waals surface area (Å²) < 4.78 is 1.44. The number of nitrogens with one attached hydrogen (secondary N) is 1. The number of nitrogens with zero attached hydrogens (tertiary/aromatic N) is 2. The summed E-state index contributed by atoms with van der Waals surface area (Å²) in [5.41, 5.74) is 3.85. The highest BCUT2D eigenvalue weighted by Gasteiger charge is 2.13. The van der Waals surface area contributed by atoms with E-state index in [1.54, 1.807) is 13.2 Å². The lowest BCUT2D eigenvalue weighted by Crippen LogP contribution is -2.32. The quantitative estimate of drug-likeness (QED) is 0.328. The van der Waals surface area contributed by atoms with Crippen molar-refractivity contribution >= 4 is 5.91 Å². The minimum atomic E-state index is -0.410. The summed E-state index contributed by atoms with van der Waals surface area (Å²) in [7, 11) is 1.66. The van der Waals surface area contributed by atoms with Gasteiger partial charge in [0.05, 0.1) is 11.8 Å². The first-order valence-corrected chi connectivity index (χ1v) is 5.32. The molecule has 5 nitrogen and oxygen atoms in total. The zero-order valence-electron chi connectivity index (χ0n) is 9.84. The Kier molecular flexibility index (Phi) is 3.41. The number of amides is 1. The molecule has 0 aliphatic carbocycles. The Morgan fingerprint density at radius 1 is 1.33 bits per heavy atom. The van der Waals surface area contributed by atoms with E-state index in [1.165, 1.54) is 4.68 Å². The number of benzene rings is 1. The van der Waals surface area contributed by atoms with Crippen molar-refractivity contribution in [3.8, 4) is 11.8 Å². The Balaban J connectivity index is 2.37. The third kappa shape index (κ3) is 2.39.